The van der Waals surface area contributed by atoms with E-state index in [1.54, 1.807) is 12.7 Å². The van der Waals surface area contributed by atoms with E-state index in [1.807, 2.05) is 10.9 Å². The molecule has 1 saturated heterocycles. The lowest BCUT2D eigenvalue weighted by atomic mass is 9.90. The summed E-state index contributed by atoms with van der Waals surface area (Å²) >= 11 is 0. The molecule has 2 aromatic heterocycles. The predicted molar refractivity (Wildman–Crippen MR) is 110 cm³/mol. The molecule has 4 rings (SSSR count). The summed E-state index contributed by atoms with van der Waals surface area (Å²) in [6, 6.07) is 4.68. The van der Waals surface area contributed by atoms with Crippen LogP contribution in [0.5, 0.6) is 0 Å². The molecule has 6 heteroatoms. The number of H-pyrrole nitrogens is 1. The molecule has 1 fully saturated rings. The van der Waals surface area contributed by atoms with Crippen LogP contribution in [0.4, 0.5) is 0 Å². The van der Waals surface area contributed by atoms with Gasteiger partial charge in [0.15, 0.2) is 0 Å². The van der Waals surface area contributed by atoms with Crippen LogP contribution >= 0.6 is 0 Å². The highest BCUT2D eigenvalue weighted by Gasteiger charge is 2.24. The number of aryl methyl sites for hydroxylation is 3. The van der Waals surface area contributed by atoms with Crippen molar-refractivity contribution in [1.82, 2.24) is 29.9 Å². The second-order valence-electron chi connectivity index (χ2n) is 8.01. The Bertz CT molecular complexity index is 903. The number of aromatic nitrogens is 5. The first-order chi connectivity index (χ1) is 13.6. The number of benzene rings is 1. The minimum atomic E-state index is 0.621. The van der Waals surface area contributed by atoms with Crippen molar-refractivity contribution in [2.75, 3.05) is 13.1 Å². The van der Waals surface area contributed by atoms with Gasteiger partial charge in [-0.3, -0.25) is 10.00 Å². The molecule has 0 atom stereocenters. The van der Waals surface area contributed by atoms with Crippen LogP contribution in [0.1, 0.15) is 59.2 Å². The Morgan fingerprint density at radius 3 is 2.46 bits per heavy atom. The van der Waals surface area contributed by atoms with Gasteiger partial charge < -0.3 is 0 Å². The quantitative estimate of drug-likeness (QED) is 0.712. The number of likely N-dealkylation sites (tertiary alicyclic amines) is 1. The van der Waals surface area contributed by atoms with Crippen molar-refractivity contribution in [3.8, 4) is 0 Å². The zero-order chi connectivity index (χ0) is 19.5. The zero-order valence-corrected chi connectivity index (χ0v) is 17.1. The number of nitrogens with zero attached hydrogens (tertiary/aromatic N) is 5. The lowest BCUT2D eigenvalue weighted by Gasteiger charge is -2.32. The Labute approximate surface area is 167 Å². The molecule has 1 aliphatic heterocycles. The molecule has 1 N–H and O–H groups in total. The van der Waals surface area contributed by atoms with E-state index in [9.17, 15) is 0 Å². The van der Waals surface area contributed by atoms with Crippen molar-refractivity contribution in [2.24, 2.45) is 0 Å². The first kappa shape index (κ1) is 18.9. The Morgan fingerprint density at radius 1 is 1.04 bits per heavy atom. The lowest BCUT2D eigenvalue weighted by Crippen LogP contribution is -2.33. The first-order valence-electron chi connectivity index (χ1n) is 10.3. The fraction of sp³-hybridized carbons (Fsp3) is 0.500. The summed E-state index contributed by atoms with van der Waals surface area (Å²) in [4.78, 5) is 6.65. The summed E-state index contributed by atoms with van der Waals surface area (Å²) in [5, 5.41) is 11.8. The Morgan fingerprint density at radius 2 is 1.79 bits per heavy atom. The van der Waals surface area contributed by atoms with Crippen molar-refractivity contribution in [3.05, 3.63) is 64.5 Å². The molecule has 0 aliphatic carbocycles. The number of rotatable bonds is 6. The van der Waals surface area contributed by atoms with Crippen molar-refractivity contribution in [3.63, 3.8) is 0 Å². The van der Waals surface area contributed by atoms with Gasteiger partial charge in [0.25, 0.3) is 0 Å². The molecule has 6 nitrogen and oxygen atoms in total. The van der Waals surface area contributed by atoms with E-state index < -0.39 is 0 Å². The van der Waals surface area contributed by atoms with Gasteiger partial charge in [-0.15, -0.1) is 0 Å². The highest BCUT2D eigenvalue weighted by atomic mass is 15.3. The molecule has 0 radical (unpaired) electrons. The molecular weight excluding hydrogens is 348 g/mol. The van der Waals surface area contributed by atoms with Gasteiger partial charge in [-0.05, 0) is 74.0 Å². The highest BCUT2D eigenvalue weighted by Crippen LogP contribution is 2.30. The van der Waals surface area contributed by atoms with E-state index in [0.717, 1.165) is 32.6 Å². The topological polar surface area (TPSA) is 62.6 Å². The van der Waals surface area contributed by atoms with Crippen molar-refractivity contribution < 1.29 is 0 Å². The van der Waals surface area contributed by atoms with Crippen LogP contribution in [-0.4, -0.2) is 43.0 Å². The van der Waals surface area contributed by atoms with Gasteiger partial charge in [0.1, 0.15) is 12.7 Å². The molecular formula is C22H30N6. The average molecular weight is 379 g/mol. The monoisotopic (exact) mass is 378 g/mol. The summed E-state index contributed by atoms with van der Waals surface area (Å²) < 4.78 is 1.89. The van der Waals surface area contributed by atoms with Crippen LogP contribution in [0.3, 0.4) is 0 Å². The van der Waals surface area contributed by atoms with Crippen LogP contribution in [0.25, 0.3) is 0 Å². The summed E-state index contributed by atoms with van der Waals surface area (Å²) in [5.74, 6) is 0.621. The van der Waals surface area contributed by atoms with E-state index in [1.165, 1.54) is 46.4 Å². The first-order valence-corrected chi connectivity index (χ1v) is 10.3. The van der Waals surface area contributed by atoms with Gasteiger partial charge in [-0.2, -0.15) is 10.2 Å². The maximum atomic E-state index is 4.26. The summed E-state index contributed by atoms with van der Waals surface area (Å²) in [7, 11) is 0. The Hall–Kier alpha value is -2.47. The van der Waals surface area contributed by atoms with Gasteiger partial charge in [0.05, 0.1) is 12.7 Å². The standard InChI is InChI=1S/C22H30N6/c1-4-18-11-24-26-22(18)19-5-7-27(8-6-19)12-20-10-21(17(3)9-16(20)2)13-28-15-23-14-25-28/h9-11,14-15,19H,4-8,12-13H2,1-3H3,(H,24,26). The molecule has 1 aliphatic rings. The van der Waals surface area contributed by atoms with E-state index in [4.69, 9.17) is 0 Å². The van der Waals surface area contributed by atoms with E-state index in [2.05, 4.69) is 58.1 Å². The maximum Gasteiger partial charge on any atom is 0.137 e. The van der Waals surface area contributed by atoms with Crippen LogP contribution < -0.4 is 0 Å². The van der Waals surface area contributed by atoms with Crippen molar-refractivity contribution >= 4 is 0 Å². The van der Waals surface area contributed by atoms with Gasteiger partial charge in [-0.1, -0.05) is 19.1 Å². The molecule has 0 amide bonds. The number of hydrogen-bond acceptors (Lipinski definition) is 4. The van der Waals surface area contributed by atoms with Crippen LogP contribution in [0, 0.1) is 13.8 Å². The lowest BCUT2D eigenvalue weighted by molar-refractivity contribution is 0.202. The van der Waals surface area contributed by atoms with Gasteiger partial charge in [0.2, 0.25) is 0 Å². The molecule has 1 aromatic carbocycles. The molecule has 3 aromatic rings. The van der Waals surface area contributed by atoms with E-state index in [0.29, 0.717) is 5.92 Å². The molecule has 0 unspecified atom stereocenters. The minimum Gasteiger partial charge on any atom is -0.299 e. The fourth-order valence-electron chi connectivity index (χ4n) is 4.35. The molecule has 148 valence electrons. The molecule has 3 heterocycles. The molecule has 0 saturated carbocycles. The van der Waals surface area contributed by atoms with Gasteiger partial charge >= 0.3 is 0 Å². The average Bonchev–Trinajstić information content (AvgIpc) is 3.38. The smallest absolute Gasteiger partial charge is 0.137 e. The summed E-state index contributed by atoms with van der Waals surface area (Å²) in [6.45, 7) is 10.7. The van der Waals surface area contributed by atoms with Gasteiger partial charge in [-0.25, -0.2) is 9.67 Å². The number of nitrogens with one attached hydrogen (secondary N) is 1. The third-order valence-electron chi connectivity index (χ3n) is 6.12. The van der Waals surface area contributed by atoms with Crippen molar-refractivity contribution in [2.45, 2.75) is 59.0 Å². The Kier molecular flexibility index (Phi) is 5.57. The maximum absolute atomic E-state index is 4.26. The van der Waals surface area contributed by atoms with Crippen LogP contribution in [0.2, 0.25) is 0 Å². The van der Waals surface area contributed by atoms with Crippen LogP contribution in [0.15, 0.2) is 31.0 Å². The third-order valence-corrected chi connectivity index (χ3v) is 6.12. The molecule has 0 spiro atoms. The number of aromatic amines is 1. The zero-order valence-electron chi connectivity index (χ0n) is 17.1. The van der Waals surface area contributed by atoms with E-state index in [-0.39, 0.29) is 0 Å². The third kappa shape index (κ3) is 4.02. The second kappa shape index (κ2) is 8.27. The largest absolute Gasteiger partial charge is 0.299 e. The number of hydrogen-bond donors (Lipinski definition) is 1. The molecule has 0 bridgehead atoms. The SMILES string of the molecule is CCc1cn[nH]c1C1CCN(Cc2cc(Cn3cncn3)c(C)cc2C)CC1. The normalized spacial score (nSPS) is 16.0. The van der Waals surface area contributed by atoms with Crippen LogP contribution in [-0.2, 0) is 19.5 Å². The summed E-state index contributed by atoms with van der Waals surface area (Å²) in [6.07, 6.45) is 8.83. The van der Waals surface area contributed by atoms with Gasteiger partial charge in [0, 0.05) is 18.2 Å². The minimum absolute atomic E-state index is 0.621. The Balaban J connectivity index is 1.42. The predicted octanol–water partition coefficient (Wildman–Crippen LogP) is 3.61. The van der Waals surface area contributed by atoms with Crippen molar-refractivity contribution in [1.29, 1.82) is 0 Å². The number of piperidine rings is 1. The molecule has 28 heavy (non-hydrogen) atoms. The summed E-state index contributed by atoms with van der Waals surface area (Å²) in [5.41, 5.74) is 8.20. The second-order valence-corrected chi connectivity index (χ2v) is 8.01. The van der Waals surface area contributed by atoms with E-state index >= 15 is 0 Å². The highest BCUT2D eigenvalue weighted by molar-refractivity contribution is 5.37. The fourth-order valence-corrected chi connectivity index (χ4v) is 4.35.